The Hall–Kier alpha value is -2.41. The van der Waals surface area contributed by atoms with Crippen LogP contribution in [0.15, 0.2) is 35.1 Å². The predicted octanol–water partition coefficient (Wildman–Crippen LogP) is 1.55. The summed E-state index contributed by atoms with van der Waals surface area (Å²) in [5.74, 6) is 0.233. The standard InChI is InChI=1S/C14H15N5OS/c1-18(2)13-10-11(15)16-14(20)19(12(10)17-21-13)8-9-6-4-3-5-7-9/h3-7H,8H2,1-2H3,(H2,15,16,20). The van der Waals surface area contributed by atoms with E-state index in [1.807, 2.05) is 49.3 Å². The van der Waals surface area contributed by atoms with Crippen LogP contribution >= 0.6 is 11.5 Å². The van der Waals surface area contributed by atoms with Crippen molar-refractivity contribution in [2.75, 3.05) is 24.7 Å². The zero-order valence-electron chi connectivity index (χ0n) is 11.8. The molecule has 108 valence electrons. The van der Waals surface area contributed by atoms with Crippen molar-refractivity contribution in [3.8, 4) is 0 Å². The van der Waals surface area contributed by atoms with E-state index in [2.05, 4.69) is 9.36 Å². The molecule has 0 saturated carbocycles. The van der Waals surface area contributed by atoms with Crippen molar-refractivity contribution >= 4 is 33.4 Å². The van der Waals surface area contributed by atoms with Crippen LogP contribution in [0.2, 0.25) is 0 Å². The molecule has 7 heteroatoms. The fourth-order valence-corrected chi connectivity index (χ4v) is 3.02. The summed E-state index contributed by atoms with van der Waals surface area (Å²) in [7, 11) is 3.83. The lowest BCUT2D eigenvalue weighted by molar-refractivity contribution is 0.757. The first-order valence-electron chi connectivity index (χ1n) is 6.45. The molecule has 0 radical (unpaired) electrons. The fourth-order valence-electron chi connectivity index (χ4n) is 2.21. The summed E-state index contributed by atoms with van der Waals surface area (Å²) in [4.78, 5) is 18.0. The van der Waals surface area contributed by atoms with Crippen LogP contribution in [0.1, 0.15) is 5.56 Å². The summed E-state index contributed by atoms with van der Waals surface area (Å²) in [6.45, 7) is 0.431. The van der Waals surface area contributed by atoms with Gasteiger partial charge in [-0.25, -0.2) is 4.79 Å². The molecular formula is C14H15N5OS. The fraction of sp³-hybridized carbons (Fsp3) is 0.214. The van der Waals surface area contributed by atoms with Crippen molar-refractivity contribution in [2.24, 2.45) is 0 Å². The first kappa shape index (κ1) is 13.6. The Morgan fingerprint density at radius 1 is 1.29 bits per heavy atom. The van der Waals surface area contributed by atoms with Gasteiger partial charge < -0.3 is 10.6 Å². The van der Waals surface area contributed by atoms with E-state index in [1.54, 1.807) is 4.57 Å². The maximum atomic E-state index is 12.2. The van der Waals surface area contributed by atoms with Crippen LogP contribution in [0, 0.1) is 0 Å². The molecule has 2 heterocycles. The van der Waals surface area contributed by atoms with Gasteiger partial charge in [-0.1, -0.05) is 30.3 Å². The third-order valence-electron chi connectivity index (χ3n) is 3.20. The van der Waals surface area contributed by atoms with Gasteiger partial charge in [0.15, 0.2) is 5.65 Å². The molecule has 0 atom stereocenters. The van der Waals surface area contributed by atoms with Gasteiger partial charge in [-0.15, -0.1) is 0 Å². The minimum Gasteiger partial charge on any atom is -0.383 e. The molecule has 0 aliphatic rings. The lowest BCUT2D eigenvalue weighted by atomic mass is 10.2. The summed E-state index contributed by atoms with van der Waals surface area (Å²) in [5, 5.41) is 1.64. The molecule has 1 aromatic carbocycles. The lowest BCUT2D eigenvalue weighted by Crippen LogP contribution is -2.25. The molecule has 2 aromatic heterocycles. The zero-order valence-corrected chi connectivity index (χ0v) is 12.6. The van der Waals surface area contributed by atoms with Gasteiger partial charge in [0, 0.05) is 14.1 Å². The smallest absolute Gasteiger partial charge is 0.351 e. The van der Waals surface area contributed by atoms with Gasteiger partial charge in [-0.3, -0.25) is 4.57 Å². The van der Waals surface area contributed by atoms with E-state index in [0.29, 0.717) is 12.2 Å². The molecule has 0 spiro atoms. The molecule has 0 unspecified atom stereocenters. The second kappa shape index (κ2) is 5.17. The summed E-state index contributed by atoms with van der Waals surface area (Å²) >= 11 is 1.31. The van der Waals surface area contributed by atoms with Gasteiger partial charge in [0.2, 0.25) is 0 Å². The van der Waals surface area contributed by atoms with Crippen molar-refractivity contribution in [1.82, 2.24) is 13.9 Å². The highest BCUT2D eigenvalue weighted by Crippen LogP contribution is 2.32. The van der Waals surface area contributed by atoms with Gasteiger partial charge in [0.1, 0.15) is 10.8 Å². The Bertz CT molecular complexity index is 838. The number of nitrogens with two attached hydrogens (primary N) is 1. The van der Waals surface area contributed by atoms with E-state index in [-0.39, 0.29) is 11.5 Å². The molecule has 0 amide bonds. The summed E-state index contributed by atoms with van der Waals surface area (Å²) in [6.07, 6.45) is 0. The number of rotatable bonds is 3. The minimum absolute atomic E-state index is 0.233. The second-order valence-corrected chi connectivity index (χ2v) is 5.68. The van der Waals surface area contributed by atoms with Crippen LogP contribution in [0.4, 0.5) is 10.8 Å². The monoisotopic (exact) mass is 301 g/mol. The van der Waals surface area contributed by atoms with Crippen molar-refractivity contribution in [3.05, 3.63) is 46.4 Å². The van der Waals surface area contributed by atoms with Crippen LogP contribution in [-0.4, -0.2) is 28.0 Å². The van der Waals surface area contributed by atoms with Crippen LogP contribution in [0.3, 0.4) is 0 Å². The lowest BCUT2D eigenvalue weighted by Gasteiger charge is -2.11. The van der Waals surface area contributed by atoms with Gasteiger partial charge in [-0.05, 0) is 17.1 Å². The van der Waals surface area contributed by atoms with Crippen molar-refractivity contribution in [2.45, 2.75) is 6.54 Å². The Morgan fingerprint density at radius 3 is 2.67 bits per heavy atom. The van der Waals surface area contributed by atoms with Crippen molar-refractivity contribution in [3.63, 3.8) is 0 Å². The molecule has 3 rings (SSSR count). The molecule has 2 N–H and O–H groups in total. The van der Waals surface area contributed by atoms with Gasteiger partial charge in [0.05, 0.1) is 11.9 Å². The average molecular weight is 301 g/mol. The van der Waals surface area contributed by atoms with Crippen LogP contribution in [0.5, 0.6) is 0 Å². The van der Waals surface area contributed by atoms with Gasteiger partial charge in [-0.2, -0.15) is 9.36 Å². The Kier molecular flexibility index (Phi) is 3.34. The maximum Gasteiger partial charge on any atom is 0.351 e. The molecule has 0 aliphatic carbocycles. The van der Waals surface area contributed by atoms with Crippen LogP contribution in [-0.2, 0) is 6.54 Å². The van der Waals surface area contributed by atoms with E-state index in [9.17, 15) is 4.79 Å². The van der Waals surface area contributed by atoms with Crippen LogP contribution in [0.25, 0.3) is 11.0 Å². The van der Waals surface area contributed by atoms with E-state index >= 15 is 0 Å². The first-order valence-corrected chi connectivity index (χ1v) is 7.22. The van der Waals surface area contributed by atoms with Crippen molar-refractivity contribution < 1.29 is 0 Å². The third kappa shape index (κ3) is 2.36. The van der Waals surface area contributed by atoms with Gasteiger partial charge in [0.25, 0.3) is 0 Å². The number of benzene rings is 1. The molecule has 0 aliphatic heterocycles. The Balaban J connectivity index is 2.21. The molecule has 0 saturated heterocycles. The average Bonchev–Trinajstić information content (AvgIpc) is 2.90. The molecule has 3 aromatic rings. The largest absolute Gasteiger partial charge is 0.383 e. The van der Waals surface area contributed by atoms with E-state index in [4.69, 9.17) is 5.73 Å². The Morgan fingerprint density at radius 2 is 2.00 bits per heavy atom. The number of hydrogen-bond acceptors (Lipinski definition) is 6. The van der Waals surface area contributed by atoms with Gasteiger partial charge >= 0.3 is 5.69 Å². The Labute approximate surface area is 125 Å². The quantitative estimate of drug-likeness (QED) is 0.794. The number of fused-ring (bicyclic) bond motifs is 1. The normalized spacial score (nSPS) is 11.0. The van der Waals surface area contributed by atoms with E-state index in [1.165, 1.54) is 11.5 Å². The zero-order chi connectivity index (χ0) is 15.0. The SMILES string of the molecule is CN(C)c1snc2c1c(N)nc(=O)n2Cc1ccccc1. The van der Waals surface area contributed by atoms with E-state index in [0.717, 1.165) is 16.0 Å². The number of nitrogens with zero attached hydrogens (tertiary/aromatic N) is 4. The molecular weight excluding hydrogens is 286 g/mol. The highest BCUT2D eigenvalue weighted by Gasteiger charge is 2.17. The maximum absolute atomic E-state index is 12.2. The summed E-state index contributed by atoms with van der Waals surface area (Å²) < 4.78 is 5.96. The first-order chi connectivity index (χ1) is 10.1. The highest BCUT2D eigenvalue weighted by molar-refractivity contribution is 7.11. The molecule has 0 fully saturated rings. The van der Waals surface area contributed by atoms with Crippen LogP contribution < -0.4 is 16.3 Å². The molecule has 6 nitrogen and oxygen atoms in total. The second-order valence-electron chi connectivity index (χ2n) is 4.93. The minimum atomic E-state index is -0.376. The highest BCUT2D eigenvalue weighted by atomic mass is 32.1. The van der Waals surface area contributed by atoms with E-state index < -0.39 is 0 Å². The number of nitrogen functional groups attached to an aromatic ring is 1. The predicted molar refractivity (Wildman–Crippen MR) is 86.0 cm³/mol. The number of hydrogen-bond donors (Lipinski definition) is 1. The number of aromatic nitrogens is 3. The topological polar surface area (TPSA) is 77.0 Å². The molecule has 21 heavy (non-hydrogen) atoms. The molecule has 0 bridgehead atoms. The summed E-state index contributed by atoms with van der Waals surface area (Å²) in [6, 6.07) is 9.75. The number of anilines is 2. The van der Waals surface area contributed by atoms with Crippen molar-refractivity contribution in [1.29, 1.82) is 0 Å². The third-order valence-corrected chi connectivity index (χ3v) is 4.21. The summed E-state index contributed by atoms with van der Waals surface area (Å²) in [5.41, 5.74) is 7.15.